The Morgan fingerprint density at radius 3 is 2.48 bits per heavy atom. The summed E-state index contributed by atoms with van der Waals surface area (Å²) in [4.78, 5) is 11.4. The predicted octanol–water partition coefficient (Wildman–Crippen LogP) is 4.76. The van der Waals surface area contributed by atoms with Gasteiger partial charge in [-0.25, -0.2) is 9.97 Å². The number of ether oxygens (including phenoxy) is 2. The van der Waals surface area contributed by atoms with Crippen LogP contribution >= 0.6 is 11.6 Å². The van der Waals surface area contributed by atoms with Crippen LogP contribution in [0.2, 0.25) is 5.02 Å². The highest BCUT2D eigenvalue weighted by atomic mass is 35.5. The monoisotopic (exact) mass is 410 g/mol. The number of nitrogens with one attached hydrogen (secondary N) is 1. The minimum atomic E-state index is 0.679. The molecule has 29 heavy (non-hydrogen) atoms. The van der Waals surface area contributed by atoms with Gasteiger partial charge in [0.25, 0.3) is 0 Å². The molecule has 150 valence electrons. The van der Waals surface area contributed by atoms with Crippen molar-refractivity contribution in [2.45, 2.75) is 19.9 Å². The lowest BCUT2D eigenvalue weighted by molar-refractivity contribution is 0.353. The largest absolute Gasteiger partial charge is 0.493 e. The van der Waals surface area contributed by atoms with Crippen LogP contribution in [-0.2, 0) is 13.0 Å². The second-order valence-electron chi connectivity index (χ2n) is 6.94. The summed E-state index contributed by atoms with van der Waals surface area (Å²) in [5, 5.41) is 4.00. The molecular formula is C22H23ClN4O2. The molecule has 2 heterocycles. The molecule has 1 aliphatic heterocycles. The number of benzene rings is 2. The van der Waals surface area contributed by atoms with Crippen molar-refractivity contribution in [3.8, 4) is 11.5 Å². The predicted molar refractivity (Wildman–Crippen MR) is 116 cm³/mol. The van der Waals surface area contributed by atoms with Gasteiger partial charge >= 0.3 is 0 Å². The second kappa shape index (κ2) is 8.17. The summed E-state index contributed by atoms with van der Waals surface area (Å²) in [6, 6.07) is 13.7. The molecule has 0 aliphatic carbocycles. The third-order valence-corrected chi connectivity index (χ3v) is 5.20. The zero-order valence-corrected chi connectivity index (χ0v) is 17.5. The lowest BCUT2D eigenvalue weighted by Crippen LogP contribution is -2.31. The number of aromatic nitrogens is 2. The van der Waals surface area contributed by atoms with E-state index in [0.717, 1.165) is 48.3 Å². The van der Waals surface area contributed by atoms with Crippen molar-refractivity contribution in [2.24, 2.45) is 0 Å². The molecule has 4 rings (SSSR count). The highest BCUT2D eigenvalue weighted by molar-refractivity contribution is 6.30. The summed E-state index contributed by atoms with van der Waals surface area (Å²) in [6.45, 7) is 3.52. The summed E-state index contributed by atoms with van der Waals surface area (Å²) >= 11 is 6.09. The fourth-order valence-electron chi connectivity index (χ4n) is 3.57. The summed E-state index contributed by atoms with van der Waals surface area (Å²) in [5.41, 5.74) is 3.39. The first-order chi connectivity index (χ1) is 14.1. The molecule has 1 N–H and O–H groups in total. The number of halogens is 1. The van der Waals surface area contributed by atoms with Crippen LogP contribution in [0.1, 0.15) is 17.0 Å². The standard InChI is InChI=1S/C22H23ClN4O2/c1-14-24-21(26-18-6-4-5-17(23)11-18)12-22(25-14)27-8-7-15-9-19(28-2)20(29-3)10-16(15)13-27/h4-6,9-12H,7-8,13H2,1-3H3,(H,24,25,26). The van der Waals surface area contributed by atoms with Crippen molar-refractivity contribution in [3.05, 3.63) is 64.4 Å². The van der Waals surface area contributed by atoms with Gasteiger partial charge in [-0.15, -0.1) is 0 Å². The van der Waals surface area contributed by atoms with E-state index in [2.05, 4.69) is 32.3 Å². The number of aryl methyl sites for hydroxylation is 1. The van der Waals surface area contributed by atoms with E-state index in [4.69, 9.17) is 21.1 Å². The first-order valence-electron chi connectivity index (χ1n) is 9.42. The highest BCUT2D eigenvalue weighted by Gasteiger charge is 2.21. The minimum Gasteiger partial charge on any atom is -0.493 e. The Morgan fingerprint density at radius 1 is 1.00 bits per heavy atom. The molecule has 0 fully saturated rings. The molecule has 0 saturated carbocycles. The van der Waals surface area contributed by atoms with Gasteiger partial charge in [0, 0.05) is 29.9 Å². The average Bonchev–Trinajstić information content (AvgIpc) is 2.71. The van der Waals surface area contributed by atoms with Gasteiger partial charge in [0.2, 0.25) is 0 Å². The molecule has 6 nitrogen and oxygen atoms in total. The molecule has 7 heteroatoms. The van der Waals surface area contributed by atoms with Gasteiger partial charge in [-0.2, -0.15) is 0 Å². The molecule has 0 atom stereocenters. The highest BCUT2D eigenvalue weighted by Crippen LogP contribution is 2.34. The van der Waals surface area contributed by atoms with E-state index in [0.29, 0.717) is 10.8 Å². The van der Waals surface area contributed by atoms with Crippen molar-refractivity contribution in [1.82, 2.24) is 9.97 Å². The quantitative estimate of drug-likeness (QED) is 0.654. The van der Waals surface area contributed by atoms with Crippen LogP contribution in [0.15, 0.2) is 42.5 Å². The first kappa shape index (κ1) is 19.3. The van der Waals surface area contributed by atoms with Crippen LogP contribution < -0.4 is 19.7 Å². The molecule has 0 unspecified atom stereocenters. The number of fused-ring (bicyclic) bond motifs is 1. The number of methoxy groups -OCH3 is 2. The average molecular weight is 411 g/mol. The van der Waals surface area contributed by atoms with Crippen molar-refractivity contribution >= 4 is 28.9 Å². The maximum absolute atomic E-state index is 6.09. The van der Waals surface area contributed by atoms with E-state index < -0.39 is 0 Å². The van der Waals surface area contributed by atoms with E-state index >= 15 is 0 Å². The normalized spacial score (nSPS) is 13.0. The number of rotatable bonds is 5. The maximum atomic E-state index is 6.09. The molecule has 0 radical (unpaired) electrons. The number of hydrogen-bond donors (Lipinski definition) is 1. The van der Waals surface area contributed by atoms with Gasteiger partial charge in [-0.1, -0.05) is 17.7 Å². The van der Waals surface area contributed by atoms with Crippen LogP contribution in [0, 0.1) is 6.92 Å². The van der Waals surface area contributed by atoms with Crippen LogP contribution in [0.4, 0.5) is 17.3 Å². The van der Waals surface area contributed by atoms with E-state index in [1.54, 1.807) is 14.2 Å². The molecular weight excluding hydrogens is 388 g/mol. The van der Waals surface area contributed by atoms with Gasteiger partial charge in [-0.3, -0.25) is 0 Å². The van der Waals surface area contributed by atoms with E-state index in [9.17, 15) is 0 Å². The number of anilines is 3. The lowest BCUT2D eigenvalue weighted by Gasteiger charge is -2.30. The summed E-state index contributed by atoms with van der Waals surface area (Å²) in [5.74, 6) is 3.86. The maximum Gasteiger partial charge on any atom is 0.161 e. The van der Waals surface area contributed by atoms with Crippen LogP contribution in [0.25, 0.3) is 0 Å². The number of nitrogens with zero attached hydrogens (tertiary/aromatic N) is 3. The smallest absolute Gasteiger partial charge is 0.161 e. The van der Waals surface area contributed by atoms with Gasteiger partial charge in [-0.05, 0) is 54.8 Å². The minimum absolute atomic E-state index is 0.679. The Labute approximate surface area is 175 Å². The zero-order valence-electron chi connectivity index (χ0n) is 16.7. The Balaban J connectivity index is 1.60. The van der Waals surface area contributed by atoms with Crippen LogP contribution in [-0.4, -0.2) is 30.7 Å². The molecule has 1 aromatic heterocycles. The van der Waals surface area contributed by atoms with Crippen molar-refractivity contribution < 1.29 is 9.47 Å². The Morgan fingerprint density at radius 2 is 1.76 bits per heavy atom. The summed E-state index contributed by atoms with van der Waals surface area (Å²) in [6.07, 6.45) is 0.912. The van der Waals surface area contributed by atoms with Crippen LogP contribution in [0.3, 0.4) is 0 Å². The van der Waals surface area contributed by atoms with Crippen molar-refractivity contribution in [2.75, 3.05) is 31.0 Å². The Bertz CT molecular complexity index is 1040. The molecule has 2 aromatic carbocycles. The fraction of sp³-hybridized carbons (Fsp3) is 0.273. The third-order valence-electron chi connectivity index (χ3n) is 4.96. The molecule has 0 bridgehead atoms. The van der Waals surface area contributed by atoms with Gasteiger partial charge in [0.05, 0.1) is 14.2 Å². The van der Waals surface area contributed by atoms with Crippen molar-refractivity contribution in [1.29, 1.82) is 0 Å². The summed E-state index contributed by atoms with van der Waals surface area (Å²) in [7, 11) is 3.32. The van der Waals surface area contributed by atoms with E-state index in [1.165, 1.54) is 11.1 Å². The topological polar surface area (TPSA) is 59.5 Å². The second-order valence-corrected chi connectivity index (χ2v) is 7.38. The molecule has 0 amide bonds. The number of hydrogen-bond acceptors (Lipinski definition) is 6. The van der Waals surface area contributed by atoms with Crippen molar-refractivity contribution in [3.63, 3.8) is 0 Å². The Kier molecular flexibility index (Phi) is 5.45. The molecule has 0 spiro atoms. The third kappa shape index (κ3) is 4.22. The molecule has 1 aliphatic rings. The van der Waals surface area contributed by atoms with E-state index in [-0.39, 0.29) is 0 Å². The fourth-order valence-corrected chi connectivity index (χ4v) is 3.76. The first-order valence-corrected chi connectivity index (χ1v) is 9.80. The lowest BCUT2D eigenvalue weighted by atomic mass is 9.99. The SMILES string of the molecule is COc1cc2c(cc1OC)CN(c1cc(Nc3cccc(Cl)c3)nc(C)n1)CC2. The van der Waals surface area contributed by atoms with Gasteiger partial charge < -0.3 is 19.7 Å². The van der Waals surface area contributed by atoms with Gasteiger partial charge in [0.1, 0.15) is 17.5 Å². The summed E-state index contributed by atoms with van der Waals surface area (Å²) < 4.78 is 10.9. The van der Waals surface area contributed by atoms with E-state index in [1.807, 2.05) is 37.3 Å². The Hall–Kier alpha value is -2.99. The van der Waals surface area contributed by atoms with Gasteiger partial charge in [0.15, 0.2) is 11.5 Å². The van der Waals surface area contributed by atoms with Crippen LogP contribution in [0.5, 0.6) is 11.5 Å². The molecule has 3 aromatic rings. The molecule has 0 saturated heterocycles. The zero-order chi connectivity index (χ0) is 20.4.